The molecule has 0 fully saturated rings. The average molecular weight is 253 g/mol. The molecule has 2 aromatic carbocycles. The minimum atomic E-state index is 0.246. The number of hydrogen-bond acceptors (Lipinski definition) is 3. The van der Waals surface area contributed by atoms with Crippen molar-refractivity contribution in [3.8, 4) is 5.75 Å². The van der Waals surface area contributed by atoms with E-state index in [0.717, 1.165) is 28.0 Å². The number of aryl methyl sites for hydroxylation is 1. The van der Waals surface area contributed by atoms with Gasteiger partial charge in [0.25, 0.3) is 0 Å². The summed E-state index contributed by atoms with van der Waals surface area (Å²) in [6.45, 7) is 1.98. The fraction of sp³-hybridized carbons (Fsp3) is 0.0667. The number of nitrogen functional groups attached to an aromatic ring is 1. The lowest BCUT2D eigenvalue weighted by Crippen LogP contribution is -1.96. The van der Waals surface area contributed by atoms with Gasteiger partial charge in [-0.25, -0.2) is 0 Å². The number of phenols is 1. The number of aromatic hydroxyl groups is 1. The average Bonchev–Trinajstić information content (AvgIpc) is 2.69. The molecule has 0 spiro atoms. The second-order valence-corrected chi connectivity index (χ2v) is 4.57. The SMILES string of the molecule is Cc1[nH]c2ccc(O)cc2c1Nc1ccccc1N. The van der Waals surface area contributed by atoms with Gasteiger partial charge >= 0.3 is 0 Å². The van der Waals surface area contributed by atoms with Crippen molar-refractivity contribution in [1.29, 1.82) is 0 Å². The topological polar surface area (TPSA) is 74.1 Å². The Morgan fingerprint density at radius 2 is 1.95 bits per heavy atom. The lowest BCUT2D eigenvalue weighted by Gasteiger charge is -2.09. The van der Waals surface area contributed by atoms with Gasteiger partial charge in [-0.2, -0.15) is 0 Å². The van der Waals surface area contributed by atoms with Crippen molar-refractivity contribution < 1.29 is 5.11 Å². The fourth-order valence-electron chi connectivity index (χ4n) is 2.22. The maximum absolute atomic E-state index is 9.62. The molecule has 1 aromatic heterocycles. The highest BCUT2D eigenvalue weighted by Crippen LogP contribution is 2.33. The zero-order valence-electron chi connectivity index (χ0n) is 10.6. The maximum atomic E-state index is 9.62. The first kappa shape index (κ1) is 11.5. The van der Waals surface area contributed by atoms with Crippen LogP contribution in [-0.2, 0) is 0 Å². The maximum Gasteiger partial charge on any atom is 0.116 e. The third kappa shape index (κ3) is 1.97. The van der Waals surface area contributed by atoms with E-state index in [-0.39, 0.29) is 5.75 Å². The van der Waals surface area contributed by atoms with Crippen molar-refractivity contribution in [3.63, 3.8) is 0 Å². The molecule has 0 bridgehead atoms. The molecule has 0 aliphatic carbocycles. The number of rotatable bonds is 2. The van der Waals surface area contributed by atoms with Crippen molar-refractivity contribution in [1.82, 2.24) is 4.98 Å². The Bertz CT molecular complexity index is 746. The monoisotopic (exact) mass is 253 g/mol. The number of nitrogens with two attached hydrogens (primary N) is 1. The molecule has 4 heteroatoms. The lowest BCUT2D eigenvalue weighted by molar-refractivity contribution is 0.476. The summed E-state index contributed by atoms with van der Waals surface area (Å²) >= 11 is 0. The van der Waals surface area contributed by atoms with E-state index in [2.05, 4.69) is 10.3 Å². The van der Waals surface area contributed by atoms with E-state index in [1.54, 1.807) is 12.1 Å². The van der Waals surface area contributed by atoms with E-state index >= 15 is 0 Å². The van der Waals surface area contributed by atoms with Gasteiger partial charge in [0.2, 0.25) is 0 Å². The van der Waals surface area contributed by atoms with Crippen molar-refractivity contribution in [2.45, 2.75) is 6.92 Å². The molecule has 0 saturated heterocycles. The first-order valence-electron chi connectivity index (χ1n) is 6.08. The quantitative estimate of drug-likeness (QED) is 0.528. The third-order valence-corrected chi connectivity index (χ3v) is 3.19. The summed E-state index contributed by atoms with van der Waals surface area (Å²) in [5, 5.41) is 13.9. The van der Waals surface area contributed by atoms with Crippen molar-refractivity contribution >= 4 is 28.0 Å². The first-order valence-corrected chi connectivity index (χ1v) is 6.08. The molecule has 0 unspecified atom stereocenters. The van der Waals surface area contributed by atoms with Crippen LogP contribution in [0.2, 0.25) is 0 Å². The van der Waals surface area contributed by atoms with Crippen LogP contribution in [0, 0.1) is 6.92 Å². The van der Waals surface area contributed by atoms with Crippen LogP contribution in [0.4, 0.5) is 17.1 Å². The number of para-hydroxylation sites is 2. The molecule has 1 heterocycles. The minimum Gasteiger partial charge on any atom is -0.508 e. The number of nitrogens with one attached hydrogen (secondary N) is 2. The van der Waals surface area contributed by atoms with E-state index < -0.39 is 0 Å². The van der Waals surface area contributed by atoms with Gasteiger partial charge in [0.1, 0.15) is 5.75 Å². The summed E-state index contributed by atoms with van der Waals surface area (Å²) in [7, 11) is 0. The molecule has 5 N–H and O–H groups in total. The molecule has 0 saturated carbocycles. The molecule has 0 aliphatic rings. The number of aromatic amines is 1. The number of fused-ring (bicyclic) bond motifs is 1. The van der Waals surface area contributed by atoms with E-state index in [0.29, 0.717) is 5.69 Å². The molecule has 4 nitrogen and oxygen atoms in total. The summed E-state index contributed by atoms with van der Waals surface area (Å²) < 4.78 is 0. The van der Waals surface area contributed by atoms with E-state index in [4.69, 9.17) is 5.73 Å². The summed E-state index contributed by atoms with van der Waals surface area (Å²) in [6.07, 6.45) is 0. The van der Waals surface area contributed by atoms with Crippen LogP contribution in [0.1, 0.15) is 5.69 Å². The predicted molar refractivity (Wildman–Crippen MR) is 78.8 cm³/mol. The number of benzene rings is 2. The molecule has 96 valence electrons. The molecule has 0 atom stereocenters. The van der Waals surface area contributed by atoms with Gasteiger partial charge in [-0.05, 0) is 37.3 Å². The largest absolute Gasteiger partial charge is 0.508 e. The molecule has 3 rings (SSSR count). The Hall–Kier alpha value is -2.62. The van der Waals surface area contributed by atoms with Gasteiger partial charge in [-0.3, -0.25) is 0 Å². The van der Waals surface area contributed by atoms with Gasteiger partial charge in [-0.15, -0.1) is 0 Å². The standard InChI is InChI=1S/C15H15N3O/c1-9-15(18-14-5-3-2-4-12(14)16)11-8-10(19)6-7-13(11)17-9/h2-8,17-19H,16H2,1H3. The second kappa shape index (κ2) is 4.24. The highest BCUT2D eigenvalue weighted by molar-refractivity contribution is 5.97. The smallest absolute Gasteiger partial charge is 0.116 e. The summed E-state index contributed by atoms with van der Waals surface area (Å²) in [5.74, 6) is 0.246. The lowest BCUT2D eigenvalue weighted by atomic mass is 10.2. The van der Waals surface area contributed by atoms with Gasteiger partial charge < -0.3 is 21.1 Å². The molecular weight excluding hydrogens is 238 g/mol. The minimum absolute atomic E-state index is 0.246. The Morgan fingerprint density at radius 3 is 2.74 bits per heavy atom. The normalized spacial score (nSPS) is 10.8. The molecule has 0 radical (unpaired) electrons. The number of aromatic nitrogens is 1. The second-order valence-electron chi connectivity index (χ2n) is 4.57. The van der Waals surface area contributed by atoms with Gasteiger partial charge in [0.05, 0.1) is 17.1 Å². The van der Waals surface area contributed by atoms with E-state index in [1.165, 1.54) is 0 Å². The first-order chi connectivity index (χ1) is 9.15. The fourth-order valence-corrected chi connectivity index (χ4v) is 2.22. The number of H-pyrrole nitrogens is 1. The van der Waals surface area contributed by atoms with Crippen LogP contribution >= 0.6 is 0 Å². The molecule has 3 aromatic rings. The van der Waals surface area contributed by atoms with Crippen LogP contribution in [0.15, 0.2) is 42.5 Å². The summed E-state index contributed by atoms with van der Waals surface area (Å²) in [5.41, 5.74) is 10.4. The van der Waals surface area contributed by atoms with E-state index in [1.807, 2.05) is 37.3 Å². The van der Waals surface area contributed by atoms with Crippen LogP contribution in [0.5, 0.6) is 5.75 Å². The number of phenolic OH excluding ortho intramolecular Hbond substituents is 1. The summed E-state index contributed by atoms with van der Waals surface area (Å²) in [4.78, 5) is 3.28. The Kier molecular flexibility index (Phi) is 2.56. The van der Waals surface area contributed by atoms with Crippen LogP contribution < -0.4 is 11.1 Å². The van der Waals surface area contributed by atoms with Crippen LogP contribution in [0.3, 0.4) is 0 Å². The molecular formula is C15H15N3O. The predicted octanol–water partition coefficient (Wildman–Crippen LogP) is 3.51. The number of anilines is 3. The number of hydrogen-bond donors (Lipinski definition) is 4. The van der Waals surface area contributed by atoms with Crippen molar-refractivity contribution in [3.05, 3.63) is 48.2 Å². The van der Waals surface area contributed by atoms with Crippen LogP contribution in [-0.4, -0.2) is 10.1 Å². The highest BCUT2D eigenvalue weighted by Gasteiger charge is 2.10. The Morgan fingerprint density at radius 1 is 1.16 bits per heavy atom. The molecule has 0 amide bonds. The van der Waals surface area contributed by atoms with Gasteiger partial charge in [0, 0.05) is 16.6 Å². The Labute approximate surface area is 110 Å². The van der Waals surface area contributed by atoms with Crippen LogP contribution in [0.25, 0.3) is 10.9 Å². The Balaban J connectivity index is 2.12. The molecule has 0 aliphatic heterocycles. The van der Waals surface area contributed by atoms with Crippen molar-refractivity contribution in [2.24, 2.45) is 0 Å². The summed E-state index contributed by atoms with van der Waals surface area (Å²) in [6, 6.07) is 12.9. The van der Waals surface area contributed by atoms with E-state index in [9.17, 15) is 5.11 Å². The van der Waals surface area contributed by atoms with Gasteiger partial charge in [-0.1, -0.05) is 12.1 Å². The van der Waals surface area contributed by atoms with Crippen molar-refractivity contribution in [2.75, 3.05) is 11.1 Å². The third-order valence-electron chi connectivity index (χ3n) is 3.19. The zero-order valence-corrected chi connectivity index (χ0v) is 10.6. The zero-order chi connectivity index (χ0) is 13.4. The van der Waals surface area contributed by atoms with Gasteiger partial charge in [0.15, 0.2) is 0 Å². The molecule has 19 heavy (non-hydrogen) atoms. The highest BCUT2D eigenvalue weighted by atomic mass is 16.3.